The molecule has 3 heteroatoms. The van der Waals surface area contributed by atoms with E-state index in [1.54, 1.807) is 16.9 Å². The van der Waals surface area contributed by atoms with Gasteiger partial charge in [0.05, 0.1) is 5.69 Å². The Balaban J connectivity index is 2.48. The molecule has 70 valence electrons. The van der Waals surface area contributed by atoms with Gasteiger partial charge in [0.25, 0.3) is 0 Å². The fourth-order valence-corrected chi connectivity index (χ4v) is 1.36. The zero-order valence-electron chi connectivity index (χ0n) is 7.84. The third-order valence-corrected chi connectivity index (χ3v) is 2.15. The second-order valence-electron chi connectivity index (χ2n) is 3.11. The molecule has 14 heavy (non-hydrogen) atoms. The Hall–Kier alpha value is -1.90. The topological polar surface area (TPSA) is 34.9 Å². The molecule has 0 saturated heterocycles. The Morgan fingerprint density at radius 2 is 2.29 bits per heavy atom. The van der Waals surface area contributed by atoms with Crippen LogP contribution in [0, 0.1) is 6.92 Å². The van der Waals surface area contributed by atoms with Gasteiger partial charge in [0.1, 0.15) is 6.29 Å². The van der Waals surface area contributed by atoms with Crippen LogP contribution in [-0.2, 0) is 0 Å². The van der Waals surface area contributed by atoms with Gasteiger partial charge in [0.15, 0.2) is 0 Å². The normalized spacial score (nSPS) is 10.1. The van der Waals surface area contributed by atoms with E-state index in [0.717, 1.165) is 23.1 Å². The van der Waals surface area contributed by atoms with E-state index in [1.807, 2.05) is 31.3 Å². The summed E-state index contributed by atoms with van der Waals surface area (Å²) < 4.78 is 1.77. The van der Waals surface area contributed by atoms with Crippen molar-refractivity contribution >= 4 is 6.29 Å². The number of hydrogen-bond acceptors (Lipinski definition) is 2. The molecule has 0 radical (unpaired) electrons. The van der Waals surface area contributed by atoms with E-state index in [0.29, 0.717) is 0 Å². The molecule has 0 atom stereocenters. The number of aryl methyl sites for hydroxylation is 1. The third kappa shape index (κ3) is 1.44. The van der Waals surface area contributed by atoms with Crippen molar-refractivity contribution in [2.45, 2.75) is 6.92 Å². The van der Waals surface area contributed by atoms with Gasteiger partial charge in [-0.25, -0.2) is 4.68 Å². The van der Waals surface area contributed by atoms with Gasteiger partial charge in [0, 0.05) is 18.0 Å². The van der Waals surface area contributed by atoms with Gasteiger partial charge in [-0.05, 0) is 36.8 Å². The number of aromatic nitrogens is 2. The molecule has 3 nitrogen and oxygen atoms in total. The average molecular weight is 186 g/mol. The van der Waals surface area contributed by atoms with E-state index in [-0.39, 0.29) is 0 Å². The largest absolute Gasteiger partial charge is 0.298 e. The number of carbonyl (C=O) groups is 1. The van der Waals surface area contributed by atoms with Crippen LogP contribution in [0.5, 0.6) is 0 Å². The molecule has 0 fully saturated rings. The first-order valence-corrected chi connectivity index (χ1v) is 4.37. The highest BCUT2D eigenvalue weighted by Gasteiger charge is 2.00. The Morgan fingerprint density at radius 1 is 1.43 bits per heavy atom. The Bertz CT molecular complexity index is 446. The Morgan fingerprint density at radius 3 is 2.86 bits per heavy atom. The SMILES string of the molecule is Cc1cc(-n2cccn2)ccc1C=O. The highest BCUT2D eigenvalue weighted by molar-refractivity contribution is 5.77. The fraction of sp³-hybridized carbons (Fsp3) is 0.0909. The van der Waals surface area contributed by atoms with Gasteiger partial charge in [-0.15, -0.1) is 0 Å². The summed E-state index contributed by atoms with van der Waals surface area (Å²) in [5.41, 5.74) is 2.66. The van der Waals surface area contributed by atoms with Gasteiger partial charge in [-0.1, -0.05) is 0 Å². The van der Waals surface area contributed by atoms with Crippen LogP contribution >= 0.6 is 0 Å². The number of nitrogens with zero attached hydrogens (tertiary/aromatic N) is 2. The van der Waals surface area contributed by atoms with Crippen molar-refractivity contribution in [3.8, 4) is 5.69 Å². The highest BCUT2D eigenvalue weighted by atomic mass is 16.1. The standard InChI is InChI=1S/C11H10N2O/c1-9-7-11(4-3-10(9)8-14)13-6-2-5-12-13/h2-8H,1H3. The molecule has 0 N–H and O–H groups in total. The maximum Gasteiger partial charge on any atom is 0.150 e. The molecule has 2 aromatic rings. The van der Waals surface area contributed by atoms with Gasteiger partial charge < -0.3 is 0 Å². The van der Waals surface area contributed by atoms with Crippen molar-refractivity contribution in [2.75, 3.05) is 0 Å². The predicted molar refractivity (Wildman–Crippen MR) is 53.7 cm³/mol. The molecule has 0 saturated carbocycles. The third-order valence-electron chi connectivity index (χ3n) is 2.15. The van der Waals surface area contributed by atoms with Crippen LogP contribution < -0.4 is 0 Å². The number of rotatable bonds is 2. The quantitative estimate of drug-likeness (QED) is 0.672. The van der Waals surface area contributed by atoms with E-state index >= 15 is 0 Å². The van der Waals surface area contributed by atoms with E-state index in [9.17, 15) is 4.79 Å². The van der Waals surface area contributed by atoms with Crippen molar-refractivity contribution in [1.82, 2.24) is 9.78 Å². The lowest BCUT2D eigenvalue weighted by Gasteiger charge is -2.03. The van der Waals surface area contributed by atoms with Gasteiger partial charge >= 0.3 is 0 Å². The minimum absolute atomic E-state index is 0.723. The van der Waals surface area contributed by atoms with Gasteiger partial charge in [0.2, 0.25) is 0 Å². The van der Waals surface area contributed by atoms with Crippen LogP contribution in [0.4, 0.5) is 0 Å². The molecule has 0 aliphatic heterocycles. The summed E-state index contributed by atoms with van der Waals surface area (Å²) in [6.07, 6.45) is 4.46. The molecule has 2 rings (SSSR count). The minimum atomic E-state index is 0.723. The second-order valence-corrected chi connectivity index (χ2v) is 3.11. The molecule has 1 heterocycles. The van der Waals surface area contributed by atoms with Crippen molar-refractivity contribution < 1.29 is 4.79 Å². The maximum atomic E-state index is 10.6. The number of carbonyl (C=O) groups excluding carboxylic acids is 1. The van der Waals surface area contributed by atoms with Gasteiger partial charge in [-0.2, -0.15) is 5.10 Å². The van der Waals surface area contributed by atoms with Crippen molar-refractivity contribution in [2.24, 2.45) is 0 Å². The molecule has 0 aliphatic carbocycles. The zero-order chi connectivity index (χ0) is 9.97. The van der Waals surface area contributed by atoms with E-state index in [1.165, 1.54) is 0 Å². The summed E-state index contributed by atoms with van der Waals surface area (Å²) in [5, 5.41) is 4.11. The lowest BCUT2D eigenvalue weighted by atomic mass is 10.1. The van der Waals surface area contributed by atoms with Crippen LogP contribution in [0.15, 0.2) is 36.7 Å². The summed E-state index contributed by atoms with van der Waals surface area (Å²) in [7, 11) is 0. The van der Waals surface area contributed by atoms with Crippen LogP contribution in [0.1, 0.15) is 15.9 Å². The van der Waals surface area contributed by atoms with Gasteiger partial charge in [-0.3, -0.25) is 4.79 Å². The average Bonchev–Trinajstić information content (AvgIpc) is 2.70. The molecular formula is C11H10N2O. The maximum absolute atomic E-state index is 10.6. The number of benzene rings is 1. The highest BCUT2D eigenvalue weighted by Crippen LogP contribution is 2.12. The first-order valence-electron chi connectivity index (χ1n) is 4.37. The summed E-state index contributed by atoms with van der Waals surface area (Å²) in [6, 6.07) is 7.49. The summed E-state index contributed by atoms with van der Waals surface area (Å²) in [5.74, 6) is 0. The number of aldehydes is 1. The predicted octanol–water partition coefficient (Wildman–Crippen LogP) is 1.99. The van der Waals surface area contributed by atoms with E-state index < -0.39 is 0 Å². The first kappa shape index (κ1) is 8.69. The van der Waals surface area contributed by atoms with Crippen LogP contribution in [0.2, 0.25) is 0 Å². The molecule has 1 aromatic heterocycles. The van der Waals surface area contributed by atoms with E-state index in [4.69, 9.17) is 0 Å². The number of hydrogen-bond donors (Lipinski definition) is 0. The minimum Gasteiger partial charge on any atom is -0.298 e. The first-order chi connectivity index (χ1) is 6.81. The molecule has 0 amide bonds. The molecule has 1 aromatic carbocycles. The summed E-state index contributed by atoms with van der Waals surface area (Å²) >= 11 is 0. The summed E-state index contributed by atoms with van der Waals surface area (Å²) in [6.45, 7) is 1.91. The van der Waals surface area contributed by atoms with Crippen LogP contribution in [-0.4, -0.2) is 16.1 Å². The molecule has 0 spiro atoms. The summed E-state index contributed by atoms with van der Waals surface area (Å²) in [4.78, 5) is 10.6. The zero-order valence-corrected chi connectivity index (χ0v) is 7.84. The monoisotopic (exact) mass is 186 g/mol. The second kappa shape index (κ2) is 3.46. The molecular weight excluding hydrogens is 176 g/mol. The van der Waals surface area contributed by atoms with E-state index in [2.05, 4.69) is 5.10 Å². The molecule has 0 unspecified atom stereocenters. The fourth-order valence-electron chi connectivity index (χ4n) is 1.36. The molecule has 0 aliphatic rings. The lowest BCUT2D eigenvalue weighted by molar-refractivity contribution is 0.112. The molecule has 0 bridgehead atoms. The van der Waals surface area contributed by atoms with Crippen LogP contribution in [0.3, 0.4) is 0 Å². The Kier molecular flexibility index (Phi) is 2.14. The van der Waals surface area contributed by atoms with Crippen molar-refractivity contribution in [3.05, 3.63) is 47.8 Å². The lowest BCUT2D eigenvalue weighted by Crippen LogP contribution is -1.96. The Labute approximate surface area is 82.0 Å². The van der Waals surface area contributed by atoms with Crippen molar-refractivity contribution in [1.29, 1.82) is 0 Å². The van der Waals surface area contributed by atoms with Crippen LogP contribution in [0.25, 0.3) is 5.69 Å². The van der Waals surface area contributed by atoms with Crippen molar-refractivity contribution in [3.63, 3.8) is 0 Å². The smallest absolute Gasteiger partial charge is 0.150 e.